The highest BCUT2D eigenvalue weighted by atomic mass is 16.2. The third-order valence-corrected chi connectivity index (χ3v) is 8.41. The molecule has 1 fully saturated rings. The van der Waals surface area contributed by atoms with Gasteiger partial charge in [0.2, 0.25) is 11.8 Å². The molecule has 7 rings (SSSR count). The minimum absolute atomic E-state index is 0.00141. The van der Waals surface area contributed by atoms with Gasteiger partial charge in [0.15, 0.2) is 0 Å². The number of amides is 4. The van der Waals surface area contributed by atoms with Crippen molar-refractivity contribution in [3.05, 3.63) is 108 Å². The Hall–Kier alpha value is -4.78. The Balaban J connectivity index is 1.25. The van der Waals surface area contributed by atoms with Gasteiger partial charge in [-0.05, 0) is 53.4 Å². The zero-order valence-corrected chi connectivity index (χ0v) is 21.8. The number of hydrogen-bond donors (Lipinski definition) is 0. The third kappa shape index (κ3) is 3.80. The Kier molecular flexibility index (Phi) is 5.73. The second kappa shape index (κ2) is 9.45. The van der Waals surface area contributed by atoms with Crippen molar-refractivity contribution in [3.63, 3.8) is 0 Å². The first-order valence-corrected chi connectivity index (χ1v) is 13.7. The van der Waals surface area contributed by atoms with E-state index < -0.39 is 11.8 Å². The first-order chi connectivity index (χ1) is 19.5. The fourth-order valence-electron chi connectivity index (χ4n) is 6.51. The summed E-state index contributed by atoms with van der Waals surface area (Å²) in [6, 6.07) is 27.9. The molecule has 0 saturated heterocycles. The molecule has 0 aromatic heterocycles. The predicted molar refractivity (Wildman–Crippen MR) is 152 cm³/mol. The van der Waals surface area contributed by atoms with Crippen LogP contribution < -0.4 is 9.80 Å². The highest BCUT2D eigenvalue weighted by Crippen LogP contribution is 2.43. The van der Waals surface area contributed by atoms with Gasteiger partial charge in [0.05, 0.1) is 35.0 Å². The number of carbonyl (C=O) groups is 4. The van der Waals surface area contributed by atoms with Gasteiger partial charge in [-0.2, -0.15) is 0 Å². The van der Waals surface area contributed by atoms with E-state index in [-0.39, 0.29) is 30.3 Å². The van der Waals surface area contributed by atoms with E-state index in [0.29, 0.717) is 41.9 Å². The summed E-state index contributed by atoms with van der Waals surface area (Å²) in [7, 11) is 0. The maximum absolute atomic E-state index is 14.1. The molecule has 4 aromatic carbocycles. The Morgan fingerprint density at radius 3 is 1.98 bits per heavy atom. The van der Waals surface area contributed by atoms with Crippen LogP contribution >= 0.6 is 0 Å². The number of para-hydroxylation sites is 2. The van der Waals surface area contributed by atoms with Gasteiger partial charge < -0.3 is 9.80 Å². The lowest BCUT2D eigenvalue weighted by Crippen LogP contribution is -2.49. The predicted octanol–water partition coefficient (Wildman–Crippen LogP) is 5.18. The average molecular weight is 530 g/mol. The van der Waals surface area contributed by atoms with Gasteiger partial charge in [0, 0.05) is 6.04 Å². The first-order valence-electron chi connectivity index (χ1n) is 13.7. The van der Waals surface area contributed by atoms with Gasteiger partial charge in [0.1, 0.15) is 6.54 Å². The largest absolute Gasteiger partial charge is 0.306 e. The molecule has 0 bridgehead atoms. The molecule has 1 saturated carbocycles. The Labute approximate surface area is 231 Å². The monoisotopic (exact) mass is 529 g/mol. The number of benzene rings is 4. The number of imide groups is 1. The van der Waals surface area contributed by atoms with Crippen molar-refractivity contribution in [2.75, 3.05) is 16.3 Å². The molecular formula is C33H27N3O4. The molecule has 0 spiro atoms. The molecule has 3 aliphatic rings. The molecule has 1 aliphatic carbocycles. The lowest BCUT2D eigenvalue weighted by Gasteiger charge is -2.31. The van der Waals surface area contributed by atoms with E-state index in [0.717, 1.165) is 27.7 Å². The molecule has 2 atom stereocenters. The molecule has 7 nitrogen and oxygen atoms in total. The van der Waals surface area contributed by atoms with Gasteiger partial charge in [-0.15, -0.1) is 0 Å². The summed E-state index contributed by atoms with van der Waals surface area (Å²) in [5, 5.41) is 1.73. The van der Waals surface area contributed by atoms with E-state index in [1.807, 2.05) is 78.9 Å². The van der Waals surface area contributed by atoms with Crippen LogP contribution in [0.1, 0.15) is 45.5 Å². The summed E-state index contributed by atoms with van der Waals surface area (Å²) in [6.07, 6.45) is 2.20. The van der Waals surface area contributed by atoms with Gasteiger partial charge in [0.25, 0.3) is 11.8 Å². The molecule has 0 N–H and O–H groups in total. The summed E-state index contributed by atoms with van der Waals surface area (Å²) in [4.78, 5) is 59.4. The average Bonchev–Trinajstić information content (AvgIpc) is 3.52. The summed E-state index contributed by atoms with van der Waals surface area (Å²) >= 11 is 0. The van der Waals surface area contributed by atoms with Gasteiger partial charge in [-0.1, -0.05) is 73.2 Å². The molecule has 0 radical (unpaired) electrons. The molecule has 2 unspecified atom stereocenters. The van der Waals surface area contributed by atoms with Crippen LogP contribution in [0.5, 0.6) is 0 Å². The summed E-state index contributed by atoms with van der Waals surface area (Å²) in [6.45, 7) is 0.0149. The van der Waals surface area contributed by atoms with Gasteiger partial charge in [-0.3, -0.25) is 24.1 Å². The third-order valence-electron chi connectivity index (χ3n) is 8.41. The molecule has 4 aromatic rings. The quantitative estimate of drug-likeness (QED) is 0.341. The Bertz CT molecular complexity index is 1640. The second-order valence-corrected chi connectivity index (χ2v) is 10.7. The summed E-state index contributed by atoms with van der Waals surface area (Å²) in [5.41, 5.74) is 2.92. The van der Waals surface area contributed by atoms with Gasteiger partial charge >= 0.3 is 0 Å². The maximum atomic E-state index is 14.1. The van der Waals surface area contributed by atoms with E-state index >= 15 is 0 Å². The topological polar surface area (TPSA) is 78.0 Å². The van der Waals surface area contributed by atoms with Crippen molar-refractivity contribution in [2.45, 2.75) is 31.8 Å². The first kappa shape index (κ1) is 24.3. The van der Waals surface area contributed by atoms with Crippen LogP contribution in [-0.4, -0.2) is 41.1 Å². The lowest BCUT2D eigenvalue weighted by atomic mass is 10.0. The fraction of sp³-hybridized carbons (Fsp3) is 0.212. The fourth-order valence-corrected chi connectivity index (χ4v) is 6.51. The van der Waals surface area contributed by atoms with E-state index in [4.69, 9.17) is 0 Å². The highest BCUT2D eigenvalue weighted by Gasteiger charge is 2.47. The van der Waals surface area contributed by atoms with Crippen LogP contribution in [0.2, 0.25) is 0 Å². The van der Waals surface area contributed by atoms with Crippen LogP contribution in [0.15, 0.2) is 91.0 Å². The van der Waals surface area contributed by atoms with E-state index in [2.05, 4.69) is 0 Å². The van der Waals surface area contributed by atoms with Crippen LogP contribution in [0, 0.1) is 5.92 Å². The maximum Gasteiger partial charge on any atom is 0.262 e. The summed E-state index contributed by atoms with van der Waals surface area (Å²) < 4.78 is 0. The SMILES string of the molecule is O=C1c2cc3ccccc3cc2C(=O)N1CC(=O)N1c2ccccc2N(Cc2ccccc2)C(=O)C2CCCC21. The van der Waals surface area contributed by atoms with Crippen LogP contribution in [-0.2, 0) is 16.1 Å². The van der Waals surface area contributed by atoms with Crippen molar-refractivity contribution < 1.29 is 19.2 Å². The normalized spacial score (nSPS) is 20.0. The number of hydrogen-bond acceptors (Lipinski definition) is 4. The molecular weight excluding hydrogens is 502 g/mol. The number of rotatable bonds is 4. The smallest absolute Gasteiger partial charge is 0.262 e. The Morgan fingerprint density at radius 2 is 1.30 bits per heavy atom. The van der Waals surface area contributed by atoms with E-state index in [9.17, 15) is 19.2 Å². The minimum atomic E-state index is -0.466. The molecule has 40 heavy (non-hydrogen) atoms. The van der Waals surface area contributed by atoms with Crippen molar-refractivity contribution in [1.29, 1.82) is 0 Å². The molecule has 7 heteroatoms. The Morgan fingerprint density at radius 1 is 0.700 bits per heavy atom. The zero-order chi connectivity index (χ0) is 27.4. The molecule has 198 valence electrons. The number of anilines is 2. The minimum Gasteiger partial charge on any atom is -0.306 e. The standard InChI is InChI=1S/C33H27N3O4/c37-30(20-35-32(39)25-17-22-11-4-5-12-23(22)18-26(25)33(35)40)36-27-16-8-13-24(27)31(38)34(19-21-9-2-1-3-10-21)28-14-6-7-15-29(28)36/h1-7,9-12,14-15,17-18,24,27H,8,13,16,19-20H2. The molecule has 4 amide bonds. The molecule has 2 aliphatic heterocycles. The lowest BCUT2D eigenvalue weighted by molar-refractivity contribution is -0.123. The van der Waals surface area contributed by atoms with Crippen molar-refractivity contribution in [2.24, 2.45) is 5.92 Å². The van der Waals surface area contributed by atoms with Crippen LogP contribution in [0.3, 0.4) is 0 Å². The molecule has 2 heterocycles. The van der Waals surface area contributed by atoms with Crippen molar-refractivity contribution in [3.8, 4) is 0 Å². The van der Waals surface area contributed by atoms with Crippen molar-refractivity contribution >= 4 is 45.8 Å². The van der Waals surface area contributed by atoms with Crippen molar-refractivity contribution in [1.82, 2.24) is 4.90 Å². The van der Waals surface area contributed by atoms with Crippen LogP contribution in [0.25, 0.3) is 10.8 Å². The van der Waals surface area contributed by atoms with Crippen LogP contribution in [0.4, 0.5) is 11.4 Å². The summed E-state index contributed by atoms with van der Waals surface area (Å²) in [5.74, 6) is -1.65. The number of carbonyl (C=O) groups excluding carboxylic acids is 4. The number of fused-ring (bicyclic) bond motifs is 4. The highest BCUT2D eigenvalue weighted by molar-refractivity contribution is 6.24. The number of nitrogens with zero attached hydrogens (tertiary/aromatic N) is 3. The zero-order valence-electron chi connectivity index (χ0n) is 21.8. The second-order valence-electron chi connectivity index (χ2n) is 10.7. The van der Waals surface area contributed by atoms with E-state index in [1.54, 1.807) is 21.9 Å². The van der Waals surface area contributed by atoms with E-state index in [1.165, 1.54) is 0 Å². The van der Waals surface area contributed by atoms with Gasteiger partial charge in [-0.25, -0.2) is 0 Å².